The van der Waals surface area contributed by atoms with Crippen molar-refractivity contribution in [1.29, 1.82) is 0 Å². The summed E-state index contributed by atoms with van der Waals surface area (Å²) in [5, 5.41) is 3.26. The van der Waals surface area contributed by atoms with Gasteiger partial charge in [0.2, 0.25) is 0 Å². The molecule has 1 N–H and O–H groups in total. The van der Waals surface area contributed by atoms with E-state index in [1.165, 1.54) is 6.07 Å². The van der Waals surface area contributed by atoms with Gasteiger partial charge in [-0.1, -0.05) is 12.1 Å². The normalized spacial score (nSPS) is 22.5. The van der Waals surface area contributed by atoms with Crippen molar-refractivity contribution in [3.05, 3.63) is 47.8 Å². The molecule has 0 spiro atoms. The molecule has 1 unspecified atom stereocenters. The number of halogens is 1. The maximum absolute atomic E-state index is 13.4. The smallest absolute Gasteiger partial charge is 0.194 e. The van der Waals surface area contributed by atoms with Crippen molar-refractivity contribution < 1.29 is 12.8 Å². The van der Waals surface area contributed by atoms with Crippen molar-refractivity contribution in [3.63, 3.8) is 0 Å². The number of rotatable bonds is 4. The van der Waals surface area contributed by atoms with E-state index in [1.807, 2.05) is 6.07 Å². The summed E-state index contributed by atoms with van der Waals surface area (Å²) in [6.07, 6.45) is 3.21. The monoisotopic (exact) mass is 365 g/mol. The minimum absolute atomic E-state index is 0.0942. The molecule has 1 atom stereocenters. The molecule has 0 radical (unpaired) electrons. The van der Waals surface area contributed by atoms with Crippen LogP contribution in [-0.4, -0.2) is 50.4 Å². The van der Waals surface area contributed by atoms with Gasteiger partial charge in [0.25, 0.3) is 0 Å². The lowest BCUT2D eigenvalue weighted by atomic mass is 10.00. The Morgan fingerprint density at radius 3 is 3.00 bits per heavy atom. The fourth-order valence-electron chi connectivity index (χ4n) is 3.37. The molecule has 0 aliphatic carbocycles. The molecular weight excluding hydrogens is 341 g/mol. The van der Waals surface area contributed by atoms with Gasteiger partial charge in [0.1, 0.15) is 5.82 Å². The first-order valence-electron chi connectivity index (χ1n) is 8.59. The van der Waals surface area contributed by atoms with E-state index in [0.29, 0.717) is 26.1 Å². The third-order valence-electron chi connectivity index (χ3n) is 4.71. The predicted molar refractivity (Wildman–Crippen MR) is 97.8 cm³/mol. The van der Waals surface area contributed by atoms with Gasteiger partial charge in [-0.3, -0.25) is 4.99 Å². The van der Waals surface area contributed by atoms with Crippen LogP contribution in [0.4, 0.5) is 4.39 Å². The van der Waals surface area contributed by atoms with E-state index in [1.54, 1.807) is 12.1 Å². The van der Waals surface area contributed by atoms with E-state index >= 15 is 0 Å². The zero-order valence-electron chi connectivity index (χ0n) is 14.2. The van der Waals surface area contributed by atoms with Gasteiger partial charge >= 0.3 is 0 Å². The van der Waals surface area contributed by atoms with Crippen LogP contribution in [0, 0.1) is 11.7 Å². The van der Waals surface area contributed by atoms with Crippen LogP contribution in [0.25, 0.3) is 0 Å². The molecule has 3 rings (SSSR count). The topological polar surface area (TPSA) is 61.8 Å². The molecule has 1 aromatic carbocycles. The molecule has 1 aromatic rings. The lowest BCUT2D eigenvalue weighted by Gasteiger charge is -2.32. The molecule has 1 fully saturated rings. The number of hydrogen-bond donors (Lipinski definition) is 1. The summed E-state index contributed by atoms with van der Waals surface area (Å²) in [6, 6.07) is 4.91. The number of guanidine groups is 1. The van der Waals surface area contributed by atoms with Crippen LogP contribution in [0.3, 0.4) is 0 Å². The van der Waals surface area contributed by atoms with Crippen molar-refractivity contribution in [3.8, 4) is 0 Å². The van der Waals surface area contributed by atoms with E-state index in [-0.39, 0.29) is 23.2 Å². The molecule has 2 aliphatic rings. The molecule has 2 aliphatic heterocycles. The standard InChI is InChI=1S/C18H24FN3O2S/c1-2-7-20-18(21-11-14-6-9-25(23,24)13-14)22-8-5-15-10-17(19)4-3-16(15)12-22/h2-4,10,14H,1,5-9,11-13H2,(H,20,21). The molecule has 7 heteroatoms. The Balaban J connectivity index is 1.71. The average Bonchev–Trinajstić information content (AvgIpc) is 2.93. The van der Waals surface area contributed by atoms with Crippen molar-refractivity contribution in [2.45, 2.75) is 19.4 Å². The summed E-state index contributed by atoms with van der Waals surface area (Å²) in [4.78, 5) is 6.80. The average molecular weight is 365 g/mol. The Bertz CT molecular complexity index is 777. The third-order valence-corrected chi connectivity index (χ3v) is 6.55. The highest BCUT2D eigenvalue weighted by atomic mass is 32.2. The number of sulfone groups is 1. The van der Waals surface area contributed by atoms with Crippen LogP contribution in [0.2, 0.25) is 0 Å². The number of hydrogen-bond acceptors (Lipinski definition) is 3. The first kappa shape index (κ1) is 17.9. The van der Waals surface area contributed by atoms with Gasteiger partial charge in [0.15, 0.2) is 15.8 Å². The summed E-state index contributed by atoms with van der Waals surface area (Å²) in [5.41, 5.74) is 2.14. The Labute approximate surface area is 148 Å². The molecule has 5 nitrogen and oxygen atoms in total. The van der Waals surface area contributed by atoms with Gasteiger partial charge in [-0.25, -0.2) is 12.8 Å². The highest BCUT2D eigenvalue weighted by molar-refractivity contribution is 7.91. The number of aliphatic imine (C=N–C) groups is 1. The second kappa shape index (κ2) is 7.56. The van der Waals surface area contributed by atoms with Crippen molar-refractivity contribution in [2.24, 2.45) is 10.9 Å². The van der Waals surface area contributed by atoms with Crippen molar-refractivity contribution >= 4 is 15.8 Å². The molecule has 136 valence electrons. The van der Waals surface area contributed by atoms with Crippen LogP contribution in [-0.2, 0) is 22.8 Å². The minimum atomic E-state index is -2.88. The van der Waals surface area contributed by atoms with Crippen LogP contribution >= 0.6 is 0 Å². The zero-order valence-corrected chi connectivity index (χ0v) is 15.1. The summed E-state index contributed by atoms with van der Waals surface area (Å²) in [6.45, 7) is 6.24. The molecule has 0 saturated carbocycles. The van der Waals surface area contributed by atoms with Gasteiger partial charge in [-0.15, -0.1) is 6.58 Å². The fraction of sp³-hybridized carbons (Fsp3) is 0.500. The largest absolute Gasteiger partial charge is 0.353 e. The summed E-state index contributed by atoms with van der Waals surface area (Å²) >= 11 is 0. The van der Waals surface area contributed by atoms with Crippen molar-refractivity contribution in [2.75, 3.05) is 31.1 Å². The second-order valence-electron chi connectivity index (χ2n) is 6.69. The molecule has 0 aromatic heterocycles. The van der Waals surface area contributed by atoms with Crippen LogP contribution in [0.1, 0.15) is 17.5 Å². The summed E-state index contributed by atoms with van der Waals surface area (Å²) in [5.74, 6) is 1.16. The van der Waals surface area contributed by atoms with E-state index < -0.39 is 9.84 Å². The lowest BCUT2D eigenvalue weighted by molar-refractivity contribution is 0.377. The van der Waals surface area contributed by atoms with Gasteiger partial charge in [-0.05, 0) is 42.0 Å². The second-order valence-corrected chi connectivity index (χ2v) is 8.92. The predicted octanol–water partition coefficient (Wildman–Crippen LogP) is 1.75. The van der Waals surface area contributed by atoms with E-state index in [0.717, 1.165) is 30.1 Å². The van der Waals surface area contributed by atoms with Gasteiger partial charge in [0.05, 0.1) is 11.5 Å². The first-order valence-corrected chi connectivity index (χ1v) is 10.4. The Kier molecular flexibility index (Phi) is 5.42. The Hall–Kier alpha value is -1.89. The van der Waals surface area contributed by atoms with Gasteiger partial charge in [0, 0.05) is 26.2 Å². The molecule has 0 amide bonds. The molecule has 25 heavy (non-hydrogen) atoms. The highest BCUT2D eigenvalue weighted by Crippen LogP contribution is 2.21. The third kappa shape index (κ3) is 4.60. The highest BCUT2D eigenvalue weighted by Gasteiger charge is 2.28. The van der Waals surface area contributed by atoms with Gasteiger partial charge in [-0.2, -0.15) is 0 Å². The molecule has 2 heterocycles. The van der Waals surface area contributed by atoms with E-state index in [4.69, 9.17) is 0 Å². The first-order chi connectivity index (χ1) is 12.0. The zero-order chi connectivity index (χ0) is 17.9. The van der Waals surface area contributed by atoms with Crippen LogP contribution in [0.5, 0.6) is 0 Å². The SMILES string of the molecule is C=CCNC(=NCC1CCS(=O)(=O)C1)N1CCc2cc(F)ccc2C1. The van der Waals surface area contributed by atoms with E-state index in [2.05, 4.69) is 21.8 Å². The fourth-order valence-corrected chi connectivity index (χ4v) is 5.21. The Morgan fingerprint density at radius 2 is 2.28 bits per heavy atom. The van der Waals surface area contributed by atoms with E-state index in [9.17, 15) is 12.8 Å². The van der Waals surface area contributed by atoms with Crippen LogP contribution in [0.15, 0.2) is 35.8 Å². The number of nitrogens with one attached hydrogen (secondary N) is 1. The van der Waals surface area contributed by atoms with Crippen LogP contribution < -0.4 is 5.32 Å². The molecule has 1 saturated heterocycles. The number of fused-ring (bicyclic) bond motifs is 1. The maximum atomic E-state index is 13.4. The maximum Gasteiger partial charge on any atom is 0.194 e. The molecule has 0 bridgehead atoms. The molecular formula is C18H24FN3O2S. The summed E-state index contributed by atoms with van der Waals surface area (Å²) in [7, 11) is -2.88. The number of benzene rings is 1. The Morgan fingerprint density at radius 1 is 1.44 bits per heavy atom. The number of nitrogens with zero attached hydrogens (tertiary/aromatic N) is 2. The van der Waals surface area contributed by atoms with Gasteiger partial charge < -0.3 is 10.2 Å². The quantitative estimate of drug-likeness (QED) is 0.502. The minimum Gasteiger partial charge on any atom is -0.353 e. The van der Waals surface area contributed by atoms with Crippen molar-refractivity contribution in [1.82, 2.24) is 10.2 Å². The lowest BCUT2D eigenvalue weighted by Crippen LogP contribution is -2.44. The summed E-state index contributed by atoms with van der Waals surface area (Å²) < 4.78 is 36.6.